The summed E-state index contributed by atoms with van der Waals surface area (Å²) in [6.07, 6.45) is 16.8. The maximum absolute atomic E-state index is 13.1. The van der Waals surface area contributed by atoms with Crippen LogP contribution in [0.2, 0.25) is 0 Å². The number of carbonyl (C=O) groups is 1. The number of allylic oxidation sites excluding steroid dienone is 2. The predicted molar refractivity (Wildman–Crippen MR) is 118 cm³/mol. The van der Waals surface area contributed by atoms with E-state index in [1.54, 1.807) is 5.57 Å². The zero-order valence-electron chi connectivity index (χ0n) is 19.2. The fraction of sp³-hybridized carbons (Fsp3) is 0.889. The predicted octanol–water partition coefficient (Wildman–Crippen LogP) is 7.60. The van der Waals surface area contributed by atoms with E-state index in [0.717, 1.165) is 24.2 Å². The van der Waals surface area contributed by atoms with E-state index in [1.807, 2.05) is 0 Å². The average molecular weight is 385 g/mol. The number of rotatable bonds is 5. The number of fused-ring (bicyclic) bond motifs is 5. The summed E-state index contributed by atoms with van der Waals surface area (Å²) in [5.41, 5.74) is 2.32. The standard InChI is InChI=1S/C27H44O/c1-18(2)9-8-10-19(3)21-12-13-22-20-17-25(28)24-11-6-7-15-26(24,4)23(20)14-16-27(21,22)5/h17-19,21-24H,6-16H2,1-5H3/t19-,21-,22+,23-,24?,26-,27-/m1/s1. The van der Waals surface area contributed by atoms with Crippen molar-refractivity contribution in [3.63, 3.8) is 0 Å². The van der Waals surface area contributed by atoms with Crippen LogP contribution >= 0.6 is 0 Å². The summed E-state index contributed by atoms with van der Waals surface area (Å²) in [7, 11) is 0. The normalized spacial score (nSPS) is 43.9. The molecule has 0 bridgehead atoms. The van der Waals surface area contributed by atoms with E-state index in [9.17, 15) is 4.79 Å². The van der Waals surface area contributed by atoms with Crippen molar-refractivity contribution in [1.82, 2.24) is 0 Å². The molecule has 7 atom stereocenters. The molecular formula is C27H44O. The van der Waals surface area contributed by atoms with Crippen LogP contribution in [-0.4, -0.2) is 5.78 Å². The zero-order valence-corrected chi connectivity index (χ0v) is 19.2. The minimum absolute atomic E-state index is 0.266. The molecule has 0 spiro atoms. The number of hydrogen-bond donors (Lipinski definition) is 0. The third-order valence-corrected chi connectivity index (χ3v) is 10.0. The summed E-state index contributed by atoms with van der Waals surface area (Å²) in [6, 6.07) is 0. The average Bonchev–Trinajstić information content (AvgIpc) is 2.99. The molecule has 3 saturated carbocycles. The molecule has 0 aliphatic heterocycles. The van der Waals surface area contributed by atoms with Crippen molar-refractivity contribution in [3.8, 4) is 0 Å². The Hall–Kier alpha value is -0.590. The summed E-state index contributed by atoms with van der Waals surface area (Å²) < 4.78 is 0. The van der Waals surface area contributed by atoms with Crippen molar-refractivity contribution in [2.24, 2.45) is 46.3 Å². The molecule has 0 N–H and O–H groups in total. The lowest BCUT2D eigenvalue weighted by Crippen LogP contribution is -2.51. The highest BCUT2D eigenvalue weighted by Crippen LogP contribution is 2.66. The fourth-order valence-electron chi connectivity index (χ4n) is 8.44. The van der Waals surface area contributed by atoms with Gasteiger partial charge in [-0.3, -0.25) is 4.79 Å². The molecule has 0 saturated heterocycles. The zero-order chi connectivity index (χ0) is 20.1. The highest BCUT2D eigenvalue weighted by molar-refractivity contribution is 5.94. The van der Waals surface area contributed by atoms with Gasteiger partial charge in [-0.05, 0) is 85.0 Å². The van der Waals surface area contributed by atoms with Gasteiger partial charge in [0.1, 0.15) is 0 Å². The first kappa shape index (κ1) is 20.7. The Morgan fingerprint density at radius 3 is 2.39 bits per heavy atom. The minimum Gasteiger partial charge on any atom is -0.295 e. The van der Waals surface area contributed by atoms with Crippen molar-refractivity contribution in [2.45, 2.75) is 105 Å². The second-order valence-electron chi connectivity index (χ2n) is 12.0. The number of ketones is 1. The maximum atomic E-state index is 13.1. The third-order valence-electron chi connectivity index (χ3n) is 10.0. The highest BCUT2D eigenvalue weighted by atomic mass is 16.1. The Bertz CT molecular complexity index is 630. The fourth-order valence-corrected chi connectivity index (χ4v) is 8.44. The van der Waals surface area contributed by atoms with Crippen molar-refractivity contribution in [3.05, 3.63) is 11.6 Å². The van der Waals surface area contributed by atoms with Gasteiger partial charge in [-0.15, -0.1) is 0 Å². The topological polar surface area (TPSA) is 17.1 Å². The van der Waals surface area contributed by atoms with E-state index < -0.39 is 0 Å². The quantitative estimate of drug-likeness (QED) is 0.477. The van der Waals surface area contributed by atoms with Gasteiger partial charge in [0.2, 0.25) is 0 Å². The lowest BCUT2D eigenvalue weighted by Gasteiger charge is -2.56. The monoisotopic (exact) mass is 384 g/mol. The molecule has 4 rings (SSSR count). The third kappa shape index (κ3) is 3.24. The Balaban J connectivity index is 1.55. The molecule has 4 aliphatic carbocycles. The first-order chi connectivity index (χ1) is 13.3. The van der Waals surface area contributed by atoms with Crippen LogP contribution in [-0.2, 0) is 4.79 Å². The molecule has 0 aromatic rings. The van der Waals surface area contributed by atoms with Crippen LogP contribution < -0.4 is 0 Å². The molecule has 0 heterocycles. The van der Waals surface area contributed by atoms with Crippen LogP contribution in [0.5, 0.6) is 0 Å². The molecule has 0 radical (unpaired) electrons. The van der Waals surface area contributed by atoms with Crippen molar-refractivity contribution >= 4 is 5.78 Å². The van der Waals surface area contributed by atoms with Gasteiger partial charge in [0.15, 0.2) is 5.78 Å². The lowest BCUT2D eigenvalue weighted by atomic mass is 9.47. The van der Waals surface area contributed by atoms with Crippen molar-refractivity contribution in [2.75, 3.05) is 0 Å². The Kier molecular flexibility index (Phi) is 5.60. The molecule has 0 aromatic heterocycles. The first-order valence-corrected chi connectivity index (χ1v) is 12.5. The van der Waals surface area contributed by atoms with Crippen LogP contribution in [0, 0.1) is 46.3 Å². The molecule has 0 amide bonds. The molecular weight excluding hydrogens is 340 g/mol. The maximum Gasteiger partial charge on any atom is 0.159 e. The van der Waals surface area contributed by atoms with Gasteiger partial charge in [-0.25, -0.2) is 0 Å². The summed E-state index contributed by atoms with van der Waals surface area (Å²) in [5.74, 6) is 4.73. The van der Waals surface area contributed by atoms with Crippen LogP contribution in [0.4, 0.5) is 0 Å². The Labute approximate surface area is 174 Å². The van der Waals surface area contributed by atoms with Crippen LogP contribution in [0.15, 0.2) is 11.6 Å². The minimum atomic E-state index is 0.266. The SMILES string of the molecule is CC(C)CCC[C@@H](C)[C@H]1CC[C@H]2C3=CC(=O)C4CCCC[C@]4(C)[C@@H]3CC[C@]12C. The molecule has 28 heavy (non-hydrogen) atoms. The van der Waals surface area contributed by atoms with E-state index in [4.69, 9.17) is 0 Å². The molecule has 4 aliphatic rings. The molecule has 1 heteroatoms. The highest BCUT2D eigenvalue weighted by Gasteiger charge is 2.59. The number of carbonyl (C=O) groups excluding carboxylic acids is 1. The van der Waals surface area contributed by atoms with E-state index in [-0.39, 0.29) is 5.41 Å². The van der Waals surface area contributed by atoms with Gasteiger partial charge in [-0.2, -0.15) is 0 Å². The number of hydrogen-bond acceptors (Lipinski definition) is 1. The van der Waals surface area contributed by atoms with Gasteiger partial charge >= 0.3 is 0 Å². The Morgan fingerprint density at radius 2 is 1.64 bits per heavy atom. The van der Waals surface area contributed by atoms with Gasteiger partial charge in [0.05, 0.1) is 0 Å². The molecule has 158 valence electrons. The lowest BCUT2D eigenvalue weighted by molar-refractivity contribution is -0.128. The smallest absolute Gasteiger partial charge is 0.159 e. The summed E-state index contributed by atoms with van der Waals surface area (Å²) in [5, 5.41) is 0. The Morgan fingerprint density at radius 1 is 0.893 bits per heavy atom. The van der Waals surface area contributed by atoms with Crippen molar-refractivity contribution in [1.29, 1.82) is 0 Å². The molecule has 3 fully saturated rings. The summed E-state index contributed by atoms with van der Waals surface area (Å²) in [6.45, 7) is 12.3. The van der Waals surface area contributed by atoms with E-state index >= 15 is 0 Å². The molecule has 1 unspecified atom stereocenters. The molecule has 0 aromatic carbocycles. The van der Waals surface area contributed by atoms with Gasteiger partial charge in [0, 0.05) is 5.92 Å². The van der Waals surface area contributed by atoms with E-state index in [0.29, 0.717) is 29.0 Å². The van der Waals surface area contributed by atoms with Crippen molar-refractivity contribution < 1.29 is 4.79 Å². The van der Waals surface area contributed by atoms with Crippen LogP contribution in [0.25, 0.3) is 0 Å². The van der Waals surface area contributed by atoms with Crippen LogP contribution in [0.3, 0.4) is 0 Å². The second-order valence-corrected chi connectivity index (χ2v) is 12.0. The van der Waals surface area contributed by atoms with E-state index in [2.05, 4.69) is 40.7 Å². The van der Waals surface area contributed by atoms with Gasteiger partial charge < -0.3 is 0 Å². The van der Waals surface area contributed by atoms with Crippen LogP contribution in [0.1, 0.15) is 105 Å². The summed E-state index contributed by atoms with van der Waals surface area (Å²) in [4.78, 5) is 13.1. The second kappa shape index (κ2) is 7.59. The van der Waals surface area contributed by atoms with Gasteiger partial charge in [0.25, 0.3) is 0 Å². The first-order valence-electron chi connectivity index (χ1n) is 12.5. The largest absolute Gasteiger partial charge is 0.295 e. The molecule has 1 nitrogen and oxygen atoms in total. The van der Waals surface area contributed by atoms with Gasteiger partial charge in [-0.1, -0.05) is 72.3 Å². The van der Waals surface area contributed by atoms with E-state index in [1.165, 1.54) is 64.2 Å². The summed E-state index contributed by atoms with van der Waals surface area (Å²) >= 11 is 0.